The summed E-state index contributed by atoms with van der Waals surface area (Å²) in [5.41, 5.74) is 8.62. The van der Waals surface area contributed by atoms with E-state index in [9.17, 15) is 4.79 Å². The number of carbonyl (C=O) groups is 1. The molecule has 42 heavy (non-hydrogen) atoms. The Bertz CT molecular complexity index is 1460. The predicted molar refractivity (Wildman–Crippen MR) is 171 cm³/mol. The van der Waals surface area contributed by atoms with Gasteiger partial charge >= 0.3 is 5.97 Å². The molecule has 2 aliphatic heterocycles. The minimum absolute atomic E-state index is 0.00640. The highest BCUT2D eigenvalue weighted by atomic mass is 79.9. The Labute approximate surface area is 261 Å². The van der Waals surface area contributed by atoms with Gasteiger partial charge in [0.1, 0.15) is 22.8 Å². The Hall–Kier alpha value is -2.09. The van der Waals surface area contributed by atoms with E-state index in [1.807, 2.05) is 13.0 Å². The lowest BCUT2D eigenvalue weighted by Crippen LogP contribution is -2.50. The minimum atomic E-state index is -1.28. The number of aromatic nitrogens is 4. The van der Waals surface area contributed by atoms with Gasteiger partial charge in [-0.3, -0.25) is 0 Å². The zero-order valence-electron chi connectivity index (χ0n) is 25.0. The van der Waals surface area contributed by atoms with Crippen molar-refractivity contribution in [3.63, 3.8) is 0 Å². The van der Waals surface area contributed by atoms with Crippen LogP contribution in [0.3, 0.4) is 0 Å². The number of rotatable bonds is 9. The monoisotopic (exact) mass is 678 g/mol. The number of pyridine rings is 2. The van der Waals surface area contributed by atoms with Gasteiger partial charge < -0.3 is 24.8 Å². The Kier molecular flexibility index (Phi) is 9.32. The maximum absolute atomic E-state index is 13.5. The highest BCUT2D eigenvalue weighted by molar-refractivity contribution is 9.10. The summed E-state index contributed by atoms with van der Waals surface area (Å²) in [5.74, 6) is 0.252. The molecule has 2 fully saturated rings. The second-order valence-corrected chi connectivity index (χ2v) is 19.2. The van der Waals surface area contributed by atoms with Gasteiger partial charge in [-0.2, -0.15) is 5.10 Å². The number of hydrogen-bond acceptors (Lipinski definition) is 9. The van der Waals surface area contributed by atoms with Crippen molar-refractivity contribution in [2.75, 3.05) is 37.8 Å². The van der Waals surface area contributed by atoms with Gasteiger partial charge in [0.2, 0.25) is 0 Å². The maximum Gasteiger partial charge on any atom is 0.339 e. The summed E-state index contributed by atoms with van der Waals surface area (Å²) in [6, 6.07) is 4.63. The van der Waals surface area contributed by atoms with Crippen LogP contribution in [0.25, 0.3) is 22.3 Å². The minimum Gasteiger partial charge on any atom is -0.462 e. The number of carbonyl (C=O) groups excluding carboxylic acids is 1. The molecule has 0 bridgehead atoms. The second kappa shape index (κ2) is 12.5. The molecule has 0 saturated carbocycles. The molecule has 228 valence electrons. The molecule has 3 aromatic heterocycles. The fourth-order valence-electron chi connectivity index (χ4n) is 5.75. The average molecular weight is 680 g/mol. The number of nitrogens with two attached hydrogens (primary N) is 1. The van der Waals surface area contributed by atoms with Gasteiger partial charge in [-0.15, -0.1) is 0 Å². The third kappa shape index (κ3) is 6.25. The molecule has 5 rings (SSSR count). The van der Waals surface area contributed by atoms with Gasteiger partial charge in [0.25, 0.3) is 0 Å². The van der Waals surface area contributed by atoms with Crippen molar-refractivity contribution in [1.29, 1.82) is 0 Å². The van der Waals surface area contributed by atoms with Crippen LogP contribution in [0.2, 0.25) is 30.7 Å². The first kappa shape index (κ1) is 31.3. The van der Waals surface area contributed by atoms with Gasteiger partial charge in [0, 0.05) is 51.0 Å². The molecule has 2 N–H and O–H groups in total. The van der Waals surface area contributed by atoms with E-state index >= 15 is 0 Å². The van der Waals surface area contributed by atoms with Gasteiger partial charge in [-0.25, -0.2) is 19.4 Å². The third-order valence-corrected chi connectivity index (χ3v) is 11.3. The number of halogens is 2. The van der Waals surface area contributed by atoms with Gasteiger partial charge in [0.05, 0.1) is 35.3 Å². The Balaban J connectivity index is 1.58. The molecule has 0 aromatic carbocycles. The fraction of sp³-hybridized carbons (Fsp3) is 0.586. The molecule has 0 aliphatic carbocycles. The molecule has 5 heterocycles. The molecule has 1 spiro atoms. The number of fused-ring (bicyclic) bond motifs is 1. The second-order valence-electron chi connectivity index (χ2n) is 12.5. The van der Waals surface area contributed by atoms with Crippen LogP contribution in [0, 0.1) is 5.41 Å². The molecule has 2 aliphatic rings. The van der Waals surface area contributed by atoms with Crippen molar-refractivity contribution in [3.05, 3.63) is 33.5 Å². The molecular weight excluding hydrogens is 640 g/mol. The molecule has 0 radical (unpaired) electrons. The normalized spacial score (nSPS) is 20.5. The van der Waals surface area contributed by atoms with Crippen LogP contribution in [0.5, 0.6) is 0 Å². The van der Waals surface area contributed by atoms with E-state index in [-0.39, 0.29) is 30.9 Å². The summed E-state index contributed by atoms with van der Waals surface area (Å²) in [6.07, 6.45) is 3.47. The van der Waals surface area contributed by atoms with E-state index in [0.29, 0.717) is 56.5 Å². The summed E-state index contributed by atoms with van der Waals surface area (Å²) in [7, 11) is -1.28. The number of anilines is 1. The highest BCUT2D eigenvalue weighted by Gasteiger charge is 2.47. The number of esters is 1. The Morgan fingerprint density at radius 1 is 1.31 bits per heavy atom. The Morgan fingerprint density at radius 3 is 2.69 bits per heavy atom. The highest BCUT2D eigenvalue weighted by Crippen LogP contribution is 2.43. The molecular formula is C29H40BrClN6O4Si. The smallest absolute Gasteiger partial charge is 0.339 e. The van der Waals surface area contributed by atoms with Gasteiger partial charge in [-0.1, -0.05) is 31.2 Å². The molecule has 13 heteroatoms. The summed E-state index contributed by atoms with van der Waals surface area (Å²) in [6.45, 7) is 14.0. The van der Waals surface area contributed by atoms with E-state index in [2.05, 4.69) is 45.5 Å². The van der Waals surface area contributed by atoms with Crippen molar-refractivity contribution in [2.45, 2.75) is 71.3 Å². The number of ether oxygens (including phenoxy) is 3. The third-order valence-electron chi connectivity index (χ3n) is 8.43. The van der Waals surface area contributed by atoms with Crippen LogP contribution in [-0.4, -0.2) is 78.8 Å². The van der Waals surface area contributed by atoms with E-state index in [4.69, 9.17) is 41.6 Å². The largest absolute Gasteiger partial charge is 0.462 e. The first-order valence-corrected chi connectivity index (χ1v) is 19.4. The van der Waals surface area contributed by atoms with E-state index in [1.165, 1.54) is 0 Å². The summed E-state index contributed by atoms with van der Waals surface area (Å²) in [4.78, 5) is 25.0. The van der Waals surface area contributed by atoms with E-state index in [0.717, 1.165) is 32.0 Å². The fourth-order valence-corrected chi connectivity index (χ4v) is 7.04. The summed E-state index contributed by atoms with van der Waals surface area (Å²) < 4.78 is 19.8. The molecule has 2 saturated heterocycles. The number of piperidine rings is 1. The number of nitrogens with zero attached hydrogens (tertiary/aromatic N) is 5. The van der Waals surface area contributed by atoms with Crippen molar-refractivity contribution in [3.8, 4) is 11.3 Å². The first-order chi connectivity index (χ1) is 19.9. The SMILES string of the molecule is CCOC(=O)c1cc(N2CCC3(CC2)CO[C@@H](C)[C@H]3N)nc2c1c(-c1ccnc(Br)c1Cl)nn2COCC[Si](C)(C)C. The quantitative estimate of drug-likeness (QED) is 0.131. The molecule has 3 aromatic rings. The lowest BCUT2D eigenvalue weighted by atomic mass is 9.73. The number of hydrogen-bond donors (Lipinski definition) is 1. The standard InChI is InChI=1S/C29H40BrClN6O4Si/c1-6-40-28(38)20-15-21(36-11-8-29(9-12-36)16-41-18(2)25(29)32)34-27-22(20)24(19-7-10-33-26(30)23(19)31)35-37(27)17-39-13-14-42(3,4)5/h7,10,15,18,25H,6,8-9,11-14,16-17,32H2,1-5H3/t18-,25+/m0/s1. The lowest BCUT2D eigenvalue weighted by Gasteiger charge is -2.41. The van der Waals surface area contributed by atoms with Crippen molar-refractivity contribution >= 4 is 58.4 Å². The van der Waals surface area contributed by atoms with Crippen molar-refractivity contribution in [2.24, 2.45) is 11.1 Å². The van der Waals surface area contributed by atoms with Crippen LogP contribution in [0.15, 0.2) is 22.9 Å². The van der Waals surface area contributed by atoms with Crippen LogP contribution in [0.1, 0.15) is 37.0 Å². The summed E-state index contributed by atoms with van der Waals surface area (Å²) in [5, 5.41) is 5.87. The van der Waals surface area contributed by atoms with Crippen LogP contribution < -0.4 is 10.6 Å². The van der Waals surface area contributed by atoms with Crippen LogP contribution >= 0.6 is 27.5 Å². The van der Waals surface area contributed by atoms with E-state index < -0.39 is 14.0 Å². The zero-order chi connectivity index (χ0) is 30.2. The molecule has 0 amide bonds. The average Bonchev–Trinajstić information content (AvgIpc) is 3.45. The van der Waals surface area contributed by atoms with Gasteiger partial charge in [-0.05, 0) is 60.8 Å². The van der Waals surface area contributed by atoms with Crippen molar-refractivity contribution < 1.29 is 19.0 Å². The molecule has 0 unspecified atom stereocenters. The lowest BCUT2D eigenvalue weighted by molar-refractivity contribution is 0.0528. The van der Waals surface area contributed by atoms with Crippen LogP contribution in [-0.2, 0) is 20.9 Å². The van der Waals surface area contributed by atoms with E-state index in [1.54, 1.807) is 23.9 Å². The molecule has 2 atom stereocenters. The topological polar surface area (TPSA) is 118 Å². The summed E-state index contributed by atoms with van der Waals surface area (Å²) >= 11 is 10.1. The predicted octanol–water partition coefficient (Wildman–Crippen LogP) is 5.73. The maximum atomic E-state index is 13.5. The van der Waals surface area contributed by atoms with Gasteiger partial charge in [0.15, 0.2) is 5.65 Å². The first-order valence-electron chi connectivity index (χ1n) is 14.5. The van der Waals surface area contributed by atoms with Crippen molar-refractivity contribution in [1.82, 2.24) is 19.7 Å². The Morgan fingerprint density at radius 2 is 2.05 bits per heavy atom. The van der Waals surface area contributed by atoms with Crippen LogP contribution in [0.4, 0.5) is 5.82 Å². The zero-order valence-corrected chi connectivity index (χ0v) is 28.3. The molecule has 10 nitrogen and oxygen atoms in total.